The first-order valence-electron chi connectivity index (χ1n) is 4.83. The number of rotatable bonds is 2. The highest BCUT2D eigenvalue weighted by molar-refractivity contribution is 5.60. The molecule has 1 saturated carbocycles. The summed E-state index contributed by atoms with van der Waals surface area (Å²) in [7, 11) is 0. The summed E-state index contributed by atoms with van der Waals surface area (Å²) in [6, 6.07) is -0.0156. The maximum atomic E-state index is 11.0. The molecular weight excluding hydrogens is 170 g/mol. The van der Waals surface area contributed by atoms with E-state index in [1.165, 1.54) is 0 Å². The third kappa shape index (κ3) is 3.22. The average molecular weight is 187 g/mol. The highest BCUT2D eigenvalue weighted by Gasteiger charge is 2.25. The standard InChI is InChI=1S/C9H17NO3/c1-2-12-9(11)13-8-6-4-3-5-7(8)10/h7-8H,2-6,10H2,1H3. The van der Waals surface area contributed by atoms with E-state index in [0.717, 1.165) is 25.7 Å². The zero-order valence-electron chi connectivity index (χ0n) is 7.99. The molecule has 0 bridgehead atoms. The topological polar surface area (TPSA) is 61.5 Å². The van der Waals surface area contributed by atoms with Crippen molar-refractivity contribution in [3.63, 3.8) is 0 Å². The van der Waals surface area contributed by atoms with Gasteiger partial charge in [-0.3, -0.25) is 0 Å². The first kappa shape index (κ1) is 10.3. The Labute approximate surface area is 78.4 Å². The van der Waals surface area contributed by atoms with E-state index in [1.54, 1.807) is 6.92 Å². The normalized spacial score (nSPS) is 28.2. The molecule has 2 unspecified atom stereocenters. The van der Waals surface area contributed by atoms with Crippen LogP contribution in [-0.4, -0.2) is 24.9 Å². The molecule has 0 aromatic rings. The Morgan fingerprint density at radius 1 is 1.46 bits per heavy atom. The van der Waals surface area contributed by atoms with Crippen LogP contribution in [0.5, 0.6) is 0 Å². The predicted molar refractivity (Wildman–Crippen MR) is 48.3 cm³/mol. The SMILES string of the molecule is CCOC(=O)OC1CCCCC1N. The fourth-order valence-corrected chi connectivity index (χ4v) is 1.55. The highest BCUT2D eigenvalue weighted by Crippen LogP contribution is 2.19. The Bertz CT molecular complexity index is 172. The van der Waals surface area contributed by atoms with Gasteiger partial charge >= 0.3 is 6.16 Å². The number of hydrogen-bond acceptors (Lipinski definition) is 4. The van der Waals surface area contributed by atoms with E-state index >= 15 is 0 Å². The van der Waals surface area contributed by atoms with Gasteiger partial charge in [0.2, 0.25) is 0 Å². The molecule has 0 amide bonds. The van der Waals surface area contributed by atoms with Crippen molar-refractivity contribution in [3.05, 3.63) is 0 Å². The Hall–Kier alpha value is -0.770. The van der Waals surface area contributed by atoms with Gasteiger partial charge < -0.3 is 15.2 Å². The minimum absolute atomic E-state index is 0.0156. The van der Waals surface area contributed by atoms with E-state index < -0.39 is 6.16 Å². The molecule has 13 heavy (non-hydrogen) atoms. The minimum Gasteiger partial charge on any atom is -0.435 e. The smallest absolute Gasteiger partial charge is 0.435 e. The molecule has 2 N–H and O–H groups in total. The van der Waals surface area contributed by atoms with Crippen molar-refractivity contribution in [2.45, 2.75) is 44.8 Å². The third-order valence-corrected chi connectivity index (χ3v) is 2.26. The summed E-state index contributed by atoms with van der Waals surface area (Å²) >= 11 is 0. The minimum atomic E-state index is -0.593. The lowest BCUT2D eigenvalue weighted by Crippen LogP contribution is -2.40. The van der Waals surface area contributed by atoms with Crippen molar-refractivity contribution in [1.82, 2.24) is 0 Å². The molecule has 0 aromatic carbocycles. The molecule has 0 aliphatic heterocycles. The van der Waals surface area contributed by atoms with Crippen LogP contribution in [0.4, 0.5) is 4.79 Å². The molecule has 1 fully saturated rings. The first-order chi connectivity index (χ1) is 6.24. The van der Waals surface area contributed by atoms with Gasteiger partial charge in [-0.2, -0.15) is 0 Å². The summed E-state index contributed by atoms with van der Waals surface area (Å²) < 4.78 is 9.73. The Balaban J connectivity index is 2.29. The fourth-order valence-electron chi connectivity index (χ4n) is 1.55. The summed E-state index contributed by atoms with van der Waals surface area (Å²) in [5.41, 5.74) is 5.79. The largest absolute Gasteiger partial charge is 0.508 e. The van der Waals surface area contributed by atoms with Gasteiger partial charge in [0, 0.05) is 6.04 Å². The number of carbonyl (C=O) groups excluding carboxylic acids is 1. The summed E-state index contributed by atoms with van der Waals surface area (Å²) in [6.45, 7) is 2.10. The van der Waals surface area contributed by atoms with Crippen LogP contribution in [0.15, 0.2) is 0 Å². The second kappa shape index (κ2) is 5.07. The summed E-state index contributed by atoms with van der Waals surface area (Å²) in [5, 5.41) is 0. The van der Waals surface area contributed by atoms with E-state index in [9.17, 15) is 4.79 Å². The quantitative estimate of drug-likeness (QED) is 0.664. The Kier molecular flexibility index (Phi) is 4.02. The summed E-state index contributed by atoms with van der Waals surface area (Å²) in [6.07, 6.45) is 3.27. The molecule has 4 heteroatoms. The van der Waals surface area contributed by atoms with Gasteiger partial charge in [-0.1, -0.05) is 6.42 Å². The van der Waals surface area contributed by atoms with E-state index in [2.05, 4.69) is 4.74 Å². The van der Waals surface area contributed by atoms with E-state index in [-0.39, 0.29) is 12.1 Å². The van der Waals surface area contributed by atoms with Gasteiger partial charge in [0.05, 0.1) is 6.61 Å². The van der Waals surface area contributed by atoms with Crippen molar-refractivity contribution in [3.8, 4) is 0 Å². The van der Waals surface area contributed by atoms with Gasteiger partial charge in [0.15, 0.2) is 0 Å². The maximum absolute atomic E-state index is 11.0. The van der Waals surface area contributed by atoms with Crippen molar-refractivity contribution >= 4 is 6.16 Å². The van der Waals surface area contributed by atoms with Crippen LogP contribution < -0.4 is 5.73 Å². The molecule has 76 valence electrons. The monoisotopic (exact) mass is 187 g/mol. The summed E-state index contributed by atoms with van der Waals surface area (Å²) in [5.74, 6) is 0. The van der Waals surface area contributed by atoms with Crippen molar-refractivity contribution in [1.29, 1.82) is 0 Å². The van der Waals surface area contributed by atoms with E-state index in [0.29, 0.717) is 6.61 Å². The molecule has 0 heterocycles. The number of ether oxygens (including phenoxy) is 2. The second-order valence-corrected chi connectivity index (χ2v) is 3.29. The molecule has 1 aliphatic rings. The average Bonchev–Trinajstić information content (AvgIpc) is 2.09. The molecule has 4 nitrogen and oxygen atoms in total. The van der Waals surface area contributed by atoms with Gasteiger partial charge in [-0.05, 0) is 26.2 Å². The third-order valence-electron chi connectivity index (χ3n) is 2.26. The maximum Gasteiger partial charge on any atom is 0.508 e. The van der Waals surface area contributed by atoms with Crippen LogP contribution in [0.1, 0.15) is 32.6 Å². The van der Waals surface area contributed by atoms with Gasteiger partial charge in [0.1, 0.15) is 6.10 Å². The lowest BCUT2D eigenvalue weighted by Gasteiger charge is -2.27. The molecule has 0 spiro atoms. The number of carbonyl (C=O) groups is 1. The molecule has 1 aliphatic carbocycles. The molecule has 1 rings (SSSR count). The molecule has 2 atom stereocenters. The van der Waals surface area contributed by atoms with Crippen molar-refractivity contribution < 1.29 is 14.3 Å². The van der Waals surface area contributed by atoms with Crippen LogP contribution in [0.2, 0.25) is 0 Å². The van der Waals surface area contributed by atoms with E-state index in [4.69, 9.17) is 10.5 Å². The zero-order chi connectivity index (χ0) is 9.68. The zero-order valence-corrected chi connectivity index (χ0v) is 7.99. The predicted octanol–water partition coefficient (Wildman–Crippen LogP) is 1.43. The lowest BCUT2D eigenvalue weighted by molar-refractivity contribution is 0.00614. The van der Waals surface area contributed by atoms with Crippen molar-refractivity contribution in [2.75, 3.05) is 6.61 Å². The second-order valence-electron chi connectivity index (χ2n) is 3.29. The number of hydrogen-bond donors (Lipinski definition) is 1. The van der Waals surface area contributed by atoms with E-state index in [1.807, 2.05) is 0 Å². The molecular formula is C9H17NO3. The van der Waals surface area contributed by atoms with Crippen LogP contribution in [0, 0.1) is 0 Å². The number of nitrogens with two attached hydrogens (primary N) is 1. The Morgan fingerprint density at radius 2 is 2.15 bits per heavy atom. The van der Waals surface area contributed by atoms with Crippen LogP contribution in [0.25, 0.3) is 0 Å². The van der Waals surface area contributed by atoms with Crippen LogP contribution >= 0.6 is 0 Å². The molecule has 0 saturated heterocycles. The highest BCUT2D eigenvalue weighted by atomic mass is 16.7. The van der Waals surface area contributed by atoms with Gasteiger partial charge in [-0.15, -0.1) is 0 Å². The van der Waals surface area contributed by atoms with Crippen molar-refractivity contribution in [2.24, 2.45) is 5.73 Å². The summed E-state index contributed by atoms with van der Waals surface area (Å²) in [4.78, 5) is 11.0. The first-order valence-corrected chi connectivity index (χ1v) is 4.83. The molecule has 0 aromatic heterocycles. The lowest BCUT2D eigenvalue weighted by atomic mass is 9.93. The van der Waals surface area contributed by atoms with Crippen LogP contribution in [0.3, 0.4) is 0 Å². The van der Waals surface area contributed by atoms with Gasteiger partial charge in [0.25, 0.3) is 0 Å². The Morgan fingerprint density at radius 3 is 2.77 bits per heavy atom. The van der Waals surface area contributed by atoms with Crippen LogP contribution in [-0.2, 0) is 9.47 Å². The fraction of sp³-hybridized carbons (Fsp3) is 0.889. The molecule has 0 radical (unpaired) electrons. The van der Waals surface area contributed by atoms with Gasteiger partial charge in [-0.25, -0.2) is 4.79 Å².